The van der Waals surface area contributed by atoms with Crippen LogP contribution in [0.15, 0.2) is 6.07 Å². The van der Waals surface area contributed by atoms with Crippen molar-refractivity contribution >= 4 is 5.82 Å². The molecule has 4 heteroatoms. The van der Waals surface area contributed by atoms with Crippen molar-refractivity contribution in [1.29, 1.82) is 0 Å². The smallest absolute Gasteiger partial charge is 0.218 e. The number of aromatic nitrogens is 2. The topological polar surface area (TPSA) is 47.0 Å². The molecule has 0 spiro atoms. The standard InChI is InChI=1S/C15H25N3O/c1-11(2)15-17-13(16-3)9-14(18-15)19-10-12-7-5-4-6-8-12/h9,11-12H,4-8,10H2,1-3H3,(H,16,17,18). The number of hydrogen-bond donors (Lipinski definition) is 1. The molecule has 1 fully saturated rings. The molecule has 1 N–H and O–H groups in total. The van der Waals surface area contributed by atoms with E-state index in [0.29, 0.717) is 17.7 Å². The first-order valence-electron chi connectivity index (χ1n) is 7.38. The predicted molar refractivity (Wildman–Crippen MR) is 77.7 cm³/mol. The number of nitrogens with zero attached hydrogens (tertiary/aromatic N) is 2. The highest BCUT2D eigenvalue weighted by molar-refractivity contribution is 5.38. The summed E-state index contributed by atoms with van der Waals surface area (Å²) in [4.78, 5) is 8.94. The first-order valence-corrected chi connectivity index (χ1v) is 7.38. The summed E-state index contributed by atoms with van der Waals surface area (Å²) in [6.07, 6.45) is 6.65. The van der Waals surface area contributed by atoms with Crippen molar-refractivity contribution in [2.24, 2.45) is 5.92 Å². The van der Waals surface area contributed by atoms with Gasteiger partial charge in [0.1, 0.15) is 11.6 Å². The summed E-state index contributed by atoms with van der Waals surface area (Å²) in [5.74, 6) is 3.38. The lowest BCUT2D eigenvalue weighted by Crippen LogP contribution is -2.16. The molecule has 19 heavy (non-hydrogen) atoms. The Hall–Kier alpha value is -1.32. The van der Waals surface area contributed by atoms with Gasteiger partial charge in [0.05, 0.1) is 6.61 Å². The number of hydrogen-bond acceptors (Lipinski definition) is 4. The van der Waals surface area contributed by atoms with E-state index in [1.54, 1.807) is 0 Å². The van der Waals surface area contributed by atoms with Crippen molar-refractivity contribution < 1.29 is 4.74 Å². The van der Waals surface area contributed by atoms with E-state index >= 15 is 0 Å². The van der Waals surface area contributed by atoms with Gasteiger partial charge >= 0.3 is 0 Å². The Morgan fingerprint density at radius 3 is 2.63 bits per heavy atom. The molecular formula is C15H25N3O. The summed E-state index contributed by atoms with van der Waals surface area (Å²) in [5, 5.41) is 3.07. The van der Waals surface area contributed by atoms with Crippen LogP contribution in [0, 0.1) is 5.92 Å². The van der Waals surface area contributed by atoms with Crippen LogP contribution < -0.4 is 10.1 Å². The van der Waals surface area contributed by atoms with E-state index in [-0.39, 0.29) is 0 Å². The van der Waals surface area contributed by atoms with E-state index in [2.05, 4.69) is 29.1 Å². The lowest BCUT2D eigenvalue weighted by Gasteiger charge is -2.21. The molecule has 106 valence electrons. The first kappa shape index (κ1) is 14.1. The summed E-state index contributed by atoms with van der Waals surface area (Å²) >= 11 is 0. The van der Waals surface area contributed by atoms with Crippen molar-refractivity contribution in [2.75, 3.05) is 19.0 Å². The third-order valence-corrected chi connectivity index (χ3v) is 3.68. The van der Waals surface area contributed by atoms with Crippen LogP contribution in [0.3, 0.4) is 0 Å². The Labute approximate surface area is 116 Å². The Kier molecular flexibility index (Phi) is 5.00. The monoisotopic (exact) mass is 263 g/mol. The highest BCUT2D eigenvalue weighted by Gasteiger charge is 2.15. The van der Waals surface area contributed by atoms with Gasteiger partial charge in [-0.05, 0) is 18.8 Å². The fraction of sp³-hybridized carbons (Fsp3) is 0.733. The van der Waals surface area contributed by atoms with Crippen LogP contribution in [-0.2, 0) is 0 Å². The molecule has 1 aromatic heterocycles. The van der Waals surface area contributed by atoms with E-state index < -0.39 is 0 Å². The van der Waals surface area contributed by atoms with Crippen molar-refractivity contribution in [3.05, 3.63) is 11.9 Å². The maximum Gasteiger partial charge on any atom is 0.218 e. The Bertz CT molecular complexity index is 400. The van der Waals surface area contributed by atoms with E-state index in [9.17, 15) is 0 Å². The van der Waals surface area contributed by atoms with Crippen LogP contribution in [-0.4, -0.2) is 23.6 Å². The van der Waals surface area contributed by atoms with Gasteiger partial charge in [-0.2, -0.15) is 4.98 Å². The van der Waals surface area contributed by atoms with Gasteiger partial charge in [-0.3, -0.25) is 0 Å². The number of rotatable bonds is 5. The van der Waals surface area contributed by atoms with Gasteiger partial charge in [0.15, 0.2) is 0 Å². The van der Waals surface area contributed by atoms with Crippen LogP contribution in [0.1, 0.15) is 57.7 Å². The first-order chi connectivity index (χ1) is 9.19. The van der Waals surface area contributed by atoms with Gasteiger partial charge < -0.3 is 10.1 Å². The third-order valence-electron chi connectivity index (χ3n) is 3.68. The molecule has 4 nitrogen and oxygen atoms in total. The minimum Gasteiger partial charge on any atom is -0.477 e. The maximum absolute atomic E-state index is 5.89. The summed E-state index contributed by atoms with van der Waals surface area (Å²) < 4.78 is 5.89. The molecule has 0 unspecified atom stereocenters. The zero-order chi connectivity index (χ0) is 13.7. The molecule has 0 bridgehead atoms. The summed E-state index contributed by atoms with van der Waals surface area (Å²) in [6.45, 7) is 4.98. The number of anilines is 1. The zero-order valence-corrected chi connectivity index (χ0v) is 12.3. The van der Waals surface area contributed by atoms with Crippen molar-refractivity contribution in [2.45, 2.75) is 51.9 Å². The van der Waals surface area contributed by atoms with E-state index in [4.69, 9.17) is 4.74 Å². The van der Waals surface area contributed by atoms with Crippen molar-refractivity contribution in [3.8, 4) is 5.88 Å². The molecule has 1 heterocycles. The minimum absolute atomic E-state index is 0.310. The van der Waals surface area contributed by atoms with Gasteiger partial charge in [0, 0.05) is 19.0 Å². The summed E-state index contributed by atoms with van der Waals surface area (Å²) in [7, 11) is 1.87. The normalized spacial score (nSPS) is 16.6. The Balaban J connectivity index is 2.00. The summed E-state index contributed by atoms with van der Waals surface area (Å²) in [6, 6.07) is 1.88. The molecule has 2 rings (SSSR count). The van der Waals surface area contributed by atoms with Gasteiger partial charge in [0.25, 0.3) is 0 Å². The maximum atomic E-state index is 5.89. The van der Waals surface area contributed by atoms with Gasteiger partial charge in [-0.15, -0.1) is 0 Å². The molecule has 1 aromatic rings. The highest BCUT2D eigenvalue weighted by atomic mass is 16.5. The lowest BCUT2D eigenvalue weighted by atomic mass is 9.90. The van der Waals surface area contributed by atoms with Crippen molar-refractivity contribution in [1.82, 2.24) is 9.97 Å². The average molecular weight is 263 g/mol. The third kappa shape index (κ3) is 4.08. The largest absolute Gasteiger partial charge is 0.477 e. The van der Waals surface area contributed by atoms with Gasteiger partial charge in [0.2, 0.25) is 5.88 Å². The van der Waals surface area contributed by atoms with E-state index in [0.717, 1.165) is 18.2 Å². The minimum atomic E-state index is 0.310. The SMILES string of the molecule is CNc1cc(OCC2CCCCC2)nc(C(C)C)n1. The summed E-state index contributed by atoms with van der Waals surface area (Å²) in [5.41, 5.74) is 0. The van der Waals surface area contributed by atoms with Crippen LogP contribution in [0.25, 0.3) is 0 Å². The second-order valence-electron chi connectivity index (χ2n) is 5.67. The highest BCUT2D eigenvalue weighted by Crippen LogP contribution is 2.25. The molecule has 1 aliphatic carbocycles. The van der Waals surface area contributed by atoms with E-state index in [1.165, 1.54) is 32.1 Å². The van der Waals surface area contributed by atoms with Crippen LogP contribution >= 0.6 is 0 Å². The number of nitrogens with one attached hydrogen (secondary N) is 1. The second-order valence-corrected chi connectivity index (χ2v) is 5.67. The molecular weight excluding hydrogens is 238 g/mol. The average Bonchev–Trinajstić information content (AvgIpc) is 2.45. The fourth-order valence-electron chi connectivity index (χ4n) is 2.46. The van der Waals surface area contributed by atoms with Crippen LogP contribution in [0.5, 0.6) is 5.88 Å². The Morgan fingerprint density at radius 1 is 1.26 bits per heavy atom. The molecule has 0 saturated heterocycles. The van der Waals surface area contributed by atoms with E-state index in [1.807, 2.05) is 13.1 Å². The Morgan fingerprint density at radius 2 is 2.00 bits per heavy atom. The van der Waals surface area contributed by atoms with Gasteiger partial charge in [-0.25, -0.2) is 4.98 Å². The number of ether oxygens (including phenoxy) is 1. The second kappa shape index (κ2) is 6.73. The molecule has 0 atom stereocenters. The molecule has 1 saturated carbocycles. The fourth-order valence-corrected chi connectivity index (χ4v) is 2.46. The molecule has 0 aliphatic heterocycles. The predicted octanol–water partition coefficient (Wildman–Crippen LogP) is 3.60. The van der Waals surface area contributed by atoms with Crippen LogP contribution in [0.2, 0.25) is 0 Å². The van der Waals surface area contributed by atoms with Gasteiger partial charge in [-0.1, -0.05) is 33.1 Å². The molecule has 0 radical (unpaired) electrons. The van der Waals surface area contributed by atoms with Crippen molar-refractivity contribution in [3.63, 3.8) is 0 Å². The molecule has 1 aliphatic rings. The zero-order valence-electron chi connectivity index (χ0n) is 12.3. The quantitative estimate of drug-likeness (QED) is 0.881. The van der Waals surface area contributed by atoms with Crippen LogP contribution in [0.4, 0.5) is 5.82 Å². The molecule has 0 amide bonds. The molecule has 0 aromatic carbocycles. The lowest BCUT2D eigenvalue weighted by molar-refractivity contribution is 0.202.